The number of fused-ring (bicyclic) bond motifs is 2. The molecule has 0 aliphatic heterocycles. The van der Waals surface area contributed by atoms with Gasteiger partial charge in [0.2, 0.25) is 5.43 Å². The highest BCUT2D eigenvalue weighted by Crippen LogP contribution is 2.34. The standard InChI is InChI=1S/C14H10O5/c1-18-10-6-5-8(15)11-12(17)7-3-2-4-9(16)13(7)19-14(10)11/h2-6,15-16H,1H3. The highest BCUT2D eigenvalue weighted by Gasteiger charge is 2.16. The summed E-state index contributed by atoms with van der Waals surface area (Å²) < 4.78 is 10.6. The van der Waals surface area contributed by atoms with Crippen molar-refractivity contribution in [2.45, 2.75) is 0 Å². The summed E-state index contributed by atoms with van der Waals surface area (Å²) in [5, 5.41) is 19.8. The van der Waals surface area contributed by atoms with Crippen LogP contribution in [-0.4, -0.2) is 17.3 Å². The molecule has 5 nitrogen and oxygen atoms in total. The molecule has 0 aliphatic rings. The monoisotopic (exact) mass is 258 g/mol. The SMILES string of the molecule is COc1ccc(O)c2c(=O)c3cccc(O)c3oc12. The van der Waals surface area contributed by atoms with E-state index in [1.807, 2.05) is 0 Å². The number of hydrogen-bond acceptors (Lipinski definition) is 5. The summed E-state index contributed by atoms with van der Waals surface area (Å²) in [4.78, 5) is 12.3. The Morgan fingerprint density at radius 2 is 1.84 bits per heavy atom. The topological polar surface area (TPSA) is 79.9 Å². The van der Waals surface area contributed by atoms with Gasteiger partial charge in [-0.2, -0.15) is 0 Å². The van der Waals surface area contributed by atoms with E-state index < -0.39 is 5.43 Å². The summed E-state index contributed by atoms with van der Waals surface area (Å²) in [5.41, 5.74) is -0.228. The number of rotatable bonds is 1. The van der Waals surface area contributed by atoms with Crippen molar-refractivity contribution in [3.63, 3.8) is 0 Å². The Hall–Kier alpha value is -2.69. The van der Waals surface area contributed by atoms with Crippen molar-refractivity contribution in [2.24, 2.45) is 0 Å². The molecular formula is C14H10O5. The first-order chi connectivity index (χ1) is 9.13. The predicted molar refractivity (Wildman–Crippen MR) is 69.9 cm³/mol. The molecule has 19 heavy (non-hydrogen) atoms. The lowest BCUT2D eigenvalue weighted by atomic mass is 10.1. The minimum atomic E-state index is -0.413. The molecule has 0 aliphatic carbocycles. The van der Waals surface area contributed by atoms with E-state index in [0.29, 0.717) is 5.75 Å². The van der Waals surface area contributed by atoms with Crippen molar-refractivity contribution in [3.05, 3.63) is 40.6 Å². The van der Waals surface area contributed by atoms with Crippen LogP contribution in [0.25, 0.3) is 21.9 Å². The van der Waals surface area contributed by atoms with Crippen molar-refractivity contribution in [1.29, 1.82) is 0 Å². The molecule has 2 aromatic carbocycles. The lowest BCUT2D eigenvalue weighted by molar-refractivity contribution is 0.408. The van der Waals surface area contributed by atoms with Gasteiger partial charge in [-0.3, -0.25) is 4.79 Å². The van der Waals surface area contributed by atoms with E-state index in [9.17, 15) is 15.0 Å². The molecule has 0 fully saturated rings. The number of hydrogen-bond donors (Lipinski definition) is 2. The summed E-state index contributed by atoms with van der Waals surface area (Å²) in [5.74, 6) is -0.00765. The lowest BCUT2D eigenvalue weighted by Crippen LogP contribution is -2.03. The Kier molecular flexibility index (Phi) is 2.35. The third-order valence-corrected chi connectivity index (χ3v) is 2.99. The average Bonchev–Trinajstić information content (AvgIpc) is 2.40. The molecule has 1 aromatic heterocycles. The summed E-state index contributed by atoms with van der Waals surface area (Å²) in [6.45, 7) is 0. The smallest absolute Gasteiger partial charge is 0.204 e. The highest BCUT2D eigenvalue weighted by atomic mass is 16.5. The molecule has 0 radical (unpaired) electrons. The maximum absolute atomic E-state index is 12.3. The first-order valence-corrected chi connectivity index (χ1v) is 5.58. The maximum Gasteiger partial charge on any atom is 0.204 e. The predicted octanol–water partition coefficient (Wildman–Crippen LogP) is 2.37. The van der Waals surface area contributed by atoms with Gasteiger partial charge in [0.25, 0.3) is 0 Å². The number of aromatic hydroxyl groups is 2. The van der Waals surface area contributed by atoms with E-state index in [1.54, 1.807) is 0 Å². The molecule has 0 saturated heterocycles. The lowest BCUT2D eigenvalue weighted by Gasteiger charge is -2.07. The van der Waals surface area contributed by atoms with Crippen LogP contribution in [0.4, 0.5) is 0 Å². The highest BCUT2D eigenvalue weighted by molar-refractivity contribution is 5.97. The maximum atomic E-state index is 12.3. The molecule has 0 atom stereocenters. The van der Waals surface area contributed by atoms with Crippen LogP contribution in [-0.2, 0) is 0 Å². The Labute approximate surface area is 107 Å². The fourth-order valence-electron chi connectivity index (χ4n) is 2.08. The van der Waals surface area contributed by atoms with Crippen LogP contribution in [0, 0.1) is 0 Å². The summed E-state index contributed by atoms with van der Waals surface area (Å²) in [6.07, 6.45) is 0. The second-order valence-electron chi connectivity index (χ2n) is 4.08. The molecule has 3 rings (SSSR count). The molecule has 0 saturated carbocycles. The van der Waals surface area contributed by atoms with Crippen molar-refractivity contribution in [2.75, 3.05) is 7.11 Å². The number of methoxy groups -OCH3 is 1. The minimum Gasteiger partial charge on any atom is -0.507 e. The van der Waals surface area contributed by atoms with Gasteiger partial charge >= 0.3 is 0 Å². The van der Waals surface area contributed by atoms with Crippen LogP contribution in [0.2, 0.25) is 0 Å². The van der Waals surface area contributed by atoms with Gasteiger partial charge in [-0.1, -0.05) is 6.07 Å². The average molecular weight is 258 g/mol. The molecule has 0 unspecified atom stereocenters. The van der Waals surface area contributed by atoms with E-state index in [4.69, 9.17) is 9.15 Å². The molecule has 0 spiro atoms. The van der Waals surface area contributed by atoms with E-state index in [1.165, 1.54) is 37.4 Å². The van der Waals surface area contributed by atoms with Crippen LogP contribution in [0.15, 0.2) is 39.5 Å². The van der Waals surface area contributed by atoms with Crippen molar-refractivity contribution >= 4 is 21.9 Å². The Morgan fingerprint density at radius 1 is 1.05 bits per heavy atom. The van der Waals surface area contributed by atoms with Gasteiger partial charge in [0, 0.05) is 0 Å². The third-order valence-electron chi connectivity index (χ3n) is 2.99. The number of ether oxygens (including phenoxy) is 1. The van der Waals surface area contributed by atoms with E-state index >= 15 is 0 Å². The van der Waals surface area contributed by atoms with Gasteiger partial charge < -0.3 is 19.4 Å². The van der Waals surface area contributed by atoms with Crippen LogP contribution in [0.5, 0.6) is 17.2 Å². The Bertz CT molecular complexity index is 848. The molecule has 96 valence electrons. The van der Waals surface area contributed by atoms with Gasteiger partial charge in [0.1, 0.15) is 11.1 Å². The number of para-hydroxylation sites is 1. The second kappa shape index (κ2) is 3.91. The molecule has 0 amide bonds. The summed E-state index contributed by atoms with van der Waals surface area (Å²) in [6, 6.07) is 7.35. The van der Waals surface area contributed by atoms with Crippen molar-refractivity contribution in [3.8, 4) is 17.2 Å². The molecular weight excluding hydrogens is 248 g/mol. The molecule has 3 aromatic rings. The summed E-state index contributed by atoms with van der Waals surface area (Å²) >= 11 is 0. The zero-order valence-electron chi connectivity index (χ0n) is 10.0. The van der Waals surface area contributed by atoms with Crippen LogP contribution < -0.4 is 10.2 Å². The molecule has 1 heterocycles. The van der Waals surface area contributed by atoms with Crippen LogP contribution >= 0.6 is 0 Å². The van der Waals surface area contributed by atoms with E-state index in [2.05, 4.69) is 0 Å². The molecule has 2 N–H and O–H groups in total. The quantitative estimate of drug-likeness (QED) is 0.655. The van der Waals surface area contributed by atoms with E-state index in [0.717, 1.165) is 0 Å². The number of phenols is 2. The molecule has 5 heteroatoms. The summed E-state index contributed by atoms with van der Waals surface area (Å²) in [7, 11) is 1.43. The number of phenolic OH excluding ortho intramolecular Hbond substituents is 2. The van der Waals surface area contributed by atoms with Gasteiger partial charge in [-0.05, 0) is 24.3 Å². The second-order valence-corrected chi connectivity index (χ2v) is 4.08. The van der Waals surface area contributed by atoms with Gasteiger partial charge in [-0.15, -0.1) is 0 Å². The zero-order chi connectivity index (χ0) is 13.6. The molecule has 0 bridgehead atoms. The first kappa shape index (κ1) is 11.4. The van der Waals surface area contributed by atoms with Gasteiger partial charge in [0.15, 0.2) is 22.7 Å². The zero-order valence-corrected chi connectivity index (χ0v) is 10.0. The van der Waals surface area contributed by atoms with Crippen molar-refractivity contribution in [1.82, 2.24) is 0 Å². The number of benzene rings is 2. The van der Waals surface area contributed by atoms with Crippen molar-refractivity contribution < 1.29 is 19.4 Å². The van der Waals surface area contributed by atoms with Gasteiger partial charge in [-0.25, -0.2) is 0 Å². The Morgan fingerprint density at radius 3 is 2.58 bits per heavy atom. The Balaban J connectivity index is 2.65. The third kappa shape index (κ3) is 1.52. The largest absolute Gasteiger partial charge is 0.507 e. The van der Waals surface area contributed by atoms with Crippen LogP contribution in [0.3, 0.4) is 0 Å². The fraction of sp³-hybridized carbons (Fsp3) is 0.0714. The van der Waals surface area contributed by atoms with Gasteiger partial charge in [0.05, 0.1) is 12.5 Å². The first-order valence-electron chi connectivity index (χ1n) is 5.58. The normalized spacial score (nSPS) is 11.0. The minimum absolute atomic E-state index is 0.0393. The van der Waals surface area contributed by atoms with Crippen LogP contribution in [0.1, 0.15) is 0 Å². The van der Waals surface area contributed by atoms with E-state index in [-0.39, 0.29) is 33.4 Å². The fourth-order valence-corrected chi connectivity index (χ4v) is 2.08.